The topological polar surface area (TPSA) is 144 Å². The molecule has 0 spiro atoms. The average molecular weight is 475 g/mol. The molecule has 4 aromatic rings. The van der Waals surface area contributed by atoms with Gasteiger partial charge in [0, 0.05) is 42.6 Å². The number of fused-ring (bicyclic) bond motifs is 1. The van der Waals surface area contributed by atoms with Crippen LogP contribution in [0.1, 0.15) is 12.0 Å². The zero-order valence-electron chi connectivity index (χ0n) is 18.7. The van der Waals surface area contributed by atoms with Crippen molar-refractivity contribution in [1.82, 2.24) is 29.0 Å². The summed E-state index contributed by atoms with van der Waals surface area (Å²) >= 11 is 0. The molecular weight excluding hydrogens is 452 g/mol. The van der Waals surface area contributed by atoms with Gasteiger partial charge in [0.1, 0.15) is 22.7 Å². The zero-order valence-corrected chi connectivity index (χ0v) is 19.5. The molecule has 172 valence electrons. The smallest absolute Gasteiger partial charge is 0.211 e. The number of nitrogens with two attached hydrogens (primary N) is 1. The third kappa shape index (κ3) is 3.67. The quantitative estimate of drug-likeness (QED) is 0.464. The van der Waals surface area contributed by atoms with Crippen molar-refractivity contribution in [3.05, 3.63) is 54.5 Å². The van der Waals surface area contributed by atoms with Gasteiger partial charge in [-0.3, -0.25) is 9.67 Å². The van der Waals surface area contributed by atoms with Crippen molar-refractivity contribution in [2.24, 2.45) is 0 Å². The Morgan fingerprint density at radius 2 is 2.00 bits per heavy atom. The van der Waals surface area contributed by atoms with E-state index in [1.807, 2.05) is 37.3 Å². The van der Waals surface area contributed by atoms with E-state index in [-0.39, 0.29) is 19.5 Å². The monoisotopic (exact) mass is 474 g/mol. The summed E-state index contributed by atoms with van der Waals surface area (Å²) in [5.74, 6) is 0.466. The summed E-state index contributed by atoms with van der Waals surface area (Å²) in [6, 6.07) is 11.6. The molecule has 2 N–H and O–H groups in total. The van der Waals surface area contributed by atoms with Gasteiger partial charge in [0.25, 0.3) is 0 Å². The molecule has 4 aromatic heterocycles. The van der Waals surface area contributed by atoms with Crippen molar-refractivity contribution in [3.63, 3.8) is 0 Å². The highest BCUT2D eigenvalue weighted by Crippen LogP contribution is 2.36. The zero-order chi connectivity index (χ0) is 24.1. The molecule has 0 atom stereocenters. The maximum Gasteiger partial charge on any atom is 0.211 e. The summed E-state index contributed by atoms with van der Waals surface area (Å²) in [5, 5.41) is 15.0. The van der Waals surface area contributed by atoms with Gasteiger partial charge in [0.05, 0.1) is 30.0 Å². The van der Waals surface area contributed by atoms with Crippen LogP contribution in [0, 0.1) is 18.3 Å². The first-order chi connectivity index (χ1) is 16.2. The van der Waals surface area contributed by atoms with Gasteiger partial charge in [0.2, 0.25) is 10.0 Å². The predicted octanol–water partition coefficient (Wildman–Crippen LogP) is 2.33. The third-order valence-corrected chi connectivity index (χ3v) is 7.35. The van der Waals surface area contributed by atoms with Crippen molar-refractivity contribution in [2.45, 2.75) is 18.9 Å². The minimum absolute atomic E-state index is 0.145. The van der Waals surface area contributed by atoms with Crippen molar-refractivity contribution in [3.8, 4) is 28.7 Å². The lowest BCUT2D eigenvalue weighted by Gasteiger charge is -2.47. The van der Waals surface area contributed by atoms with E-state index in [1.54, 1.807) is 23.3 Å². The number of pyridine rings is 3. The summed E-state index contributed by atoms with van der Waals surface area (Å²) in [7, 11) is -3.33. The molecule has 0 saturated carbocycles. The van der Waals surface area contributed by atoms with Crippen molar-refractivity contribution >= 4 is 26.7 Å². The van der Waals surface area contributed by atoms with Crippen LogP contribution in [0.25, 0.3) is 33.5 Å². The number of nitrogens with zero attached hydrogens (tertiary/aromatic N) is 7. The van der Waals surface area contributed by atoms with Gasteiger partial charge in [0.15, 0.2) is 0 Å². The van der Waals surface area contributed by atoms with Gasteiger partial charge >= 0.3 is 0 Å². The number of anilines is 1. The Hall–Kier alpha value is -3.88. The summed E-state index contributed by atoms with van der Waals surface area (Å²) in [5.41, 5.74) is 9.52. The van der Waals surface area contributed by atoms with Crippen LogP contribution in [0.4, 0.5) is 5.82 Å². The van der Waals surface area contributed by atoms with Crippen LogP contribution in [0.15, 0.2) is 48.9 Å². The first-order valence-electron chi connectivity index (χ1n) is 10.6. The molecule has 1 aliphatic heterocycles. The summed E-state index contributed by atoms with van der Waals surface area (Å²) in [6.07, 6.45) is 6.49. The molecule has 1 saturated heterocycles. The minimum atomic E-state index is -3.33. The number of hydrogen-bond donors (Lipinski definition) is 1. The molecule has 5 heterocycles. The number of sulfonamides is 1. The van der Waals surface area contributed by atoms with Crippen LogP contribution in [0.3, 0.4) is 0 Å². The van der Waals surface area contributed by atoms with Gasteiger partial charge in [-0.1, -0.05) is 0 Å². The van der Waals surface area contributed by atoms with Crippen LogP contribution in [0.2, 0.25) is 0 Å². The van der Waals surface area contributed by atoms with Crippen LogP contribution >= 0.6 is 0 Å². The van der Waals surface area contributed by atoms with E-state index in [2.05, 4.69) is 16.0 Å². The van der Waals surface area contributed by atoms with Crippen molar-refractivity contribution in [1.29, 1.82) is 5.26 Å². The average Bonchev–Trinajstić information content (AvgIpc) is 3.26. The molecule has 5 rings (SSSR count). The van der Waals surface area contributed by atoms with E-state index in [4.69, 9.17) is 15.8 Å². The van der Waals surface area contributed by atoms with Crippen LogP contribution in [-0.4, -0.2) is 56.8 Å². The van der Waals surface area contributed by atoms with E-state index in [1.165, 1.54) is 10.6 Å². The number of aryl methyl sites for hydroxylation is 1. The lowest BCUT2D eigenvalue weighted by Crippen LogP contribution is -2.63. The first kappa shape index (κ1) is 21.9. The fourth-order valence-electron chi connectivity index (χ4n) is 4.19. The number of hydrogen-bond acceptors (Lipinski definition) is 8. The summed E-state index contributed by atoms with van der Waals surface area (Å²) in [4.78, 5) is 13.6. The van der Waals surface area contributed by atoms with Gasteiger partial charge < -0.3 is 5.73 Å². The summed E-state index contributed by atoms with van der Waals surface area (Å²) in [6.45, 7) is 2.29. The van der Waals surface area contributed by atoms with E-state index in [9.17, 15) is 13.7 Å². The fourth-order valence-corrected chi connectivity index (χ4v) is 5.14. The maximum absolute atomic E-state index is 11.9. The van der Waals surface area contributed by atoms with Crippen LogP contribution in [0.5, 0.6) is 0 Å². The Kier molecular flexibility index (Phi) is 5.07. The maximum atomic E-state index is 11.9. The van der Waals surface area contributed by atoms with Gasteiger partial charge in [-0.15, -0.1) is 0 Å². The summed E-state index contributed by atoms with van der Waals surface area (Å²) < 4.78 is 26.9. The van der Waals surface area contributed by atoms with E-state index < -0.39 is 15.6 Å². The molecular formula is C23H22N8O2S. The molecule has 0 unspecified atom stereocenters. The Morgan fingerprint density at radius 1 is 1.21 bits per heavy atom. The number of nitriles is 1. The SMILES string of the molecule is Cc1cc(-c2cc3ncccc3c(-c3ccn(C4(CC#N)CN(S(C)(=O)=O)C4)n3)n2)cnc1N. The highest BCUT2D eigenvalue weighted by atomic mass is 32.2. The highest BCUT2D eigenvalue weighted by Gasteiger charge is 2.49. The van der Waals surface area contributed by atoms with Crippen LogP contribution in [-0.2, 0) is 15.6 Å². The second-order valence-electron chi connectivity index (χ2n) is 8.59. The van der Waals surface area contributed by atoms with E-state index in [0.717, 1.165) is 22.0 Å². The molecule has 10 nitrogen and oxygen atoms in total. The second-order valence-corrected chi connectivity index (χ2v) is 10.6. The molecule has 0 radical (unpaired) electrons. The molecule has 34 heavy (non-hydrogen) atoms. The Morgan fingerprint density at radius 3 is 2.71 bits per heavy atom. The fraction of sp³-hybridized carbons (Fsp3) is 0.261. The minimum Gasteiger partial charge on any atom is -0.383 e. The number of nitrogen functional groups attached to an aromatic ring is 1. The molecule has 0 amide bonds. The standard InChI is InChI=1S/C23H22N8O2S/c1-15-10-16(12-27-22(15)25)19-11-20-17(4-3-8-26-20)21(28-19)18-5-9-31(29-18)23(6-7-24)13-30(14-23)34(2,32)33/h3-5,8-12H,6,13-14H2,1-2H3,(H2,25,27). The molecule has 11 heteroatoms. The Balaban J connectivity index is 1.60. The molecule has 1 aliphatic rings. The Labute approximate surface area is 196 Å². The highest BCUT2D eigenvalue weighted by molar-refractivity contribution is 7.88. The number of rotatable bonds is 5. The first-order valence-corrected chi connectivity index (χ1v) is 12.4. The third-order valence-electron chi connectivity index (χ3n) is 6.15. The molecule has 1 fully saturated rings. The van der Waals surface area contributed by atoms with Gasteiger partial charge in [-0.05, 0) is 42.8 Å². The Bertz CT molecular complexity index is 1570. The van der Waals surface area contributed by atoms with Crippen LogP contribution < -0.4 is 5.73 Å². The lowest BCUT2D eigenvalue weighted by molar-refractivity contribution is 0.0726. The lowest BCUT2D eigenvalue weighted by atomic mass is 9.89. The van der Waals surface area contributed by atoms with Gasteiger partial charge in [-0.2, -0.15) is 14.7 Å². The van der Waals surface area contributed by atoms with Crippen molar-refractivity contribution in [2.75, 3.05) is 25.1 Å². The number of aromatic nitrogens is 5. The van der Waals surface area contributed by atoms with E-state index >= 15 is 0 Å². The normalized spacial score (nSPS) is 15.7. The molecule has 0 aromatic carbocycles. The predicted molar refractivity (Wildman–Crippen MR) is 128 cm³/mol. The molecule has 0 bridgehead atoms. The second kappa shape index (κ2) is 7.86. The largest absolute Gasteiger partial charge is 0.383 e. The van der Waals surface area contributed by atoms with E-state index in [0.29, 0.717) is 22.9 Å². The van der Waals surface area contributed by atoms with Crippen molar-refractivity contribution < 1.29 is 8.42 Å². The van der Waals surface area contributed by atoms with Gasteiger partial charge in [-0.25, -0.2) is 18.4 Å². The molecule has 0 aliphatic carbocycles.